The molecule has 1 N–H and O–H groups in total. The third-order valence-corrected chi connectivity index (χ3v) is 3.57. The number of hydrogen-bond acceptors (Lipinski definition) is 3. The molecule has 3 rings (SSSR count). The van der Waals surface area contributed by atoms with Crippen LogP contribution in [-0.4, -0.2) is 23.4 Å². The van der Waals surface area contributed by atoms with E-state index in [4.69, 9.17) is 16.0 Å². The van der Waals surface area contributed by atoms with E-state index in [1.165, 1.54) is 12.2 Å². The average molecular weight is 329 g/mol. The van der Waals surface area contributed by atoms with E-state index in [1.54, 1.807) is 24.3 Å². The van der Waals surface area contributed by atoms with Crippen LogP contribution in [0.2, 0.25) is 5.02 Å². The van der Waals surface area contributed by atoms with Crippen molar-refractivity contribution in [2.45, 2.75) is 0 Å². The standard InChI is InChI=1S/C17H13ClN2O3/c1-2-9-20-16(21)14(19-17(20)22)10-13-7-8-15(23-13)11-3-5-12(18)6-4-11/h2-8,10H,1,9H2,(H,19,22)/b14-10+. The molecule has 3 amide bonds. The fraction of sp³-hybridized carbons (Fsp3) is 0.0588. The molecule has 5 nitrogen and oxygen atoms in total. The Balaban J connectivity index is 1.84. The molecule has 0 aliphatic carbocycles. The first-order valence-corrected chi connectivity index (χ1v) is 7.27. The second-order valence-corrected chi connectivity index (χ2v) is 5.34. The summed E-state index contributed by atoms with van der Waals surface area (Å²) in [6.07, 6.45) is 2.99. The van der Waals surface area contributed by atoms with Gasteiger partial charge in [-0.3, -0.25) is 9.69 Å². The van der Waals surface area contributed by atoms with Gasteiger partial charge in [-0.1, -0.05) is 17.7 Å². The molecule has 116 valence electrons. The molecule has 1 aliphatic heterocycles. The molecule has 1 aromatic carbocycles. The number of imide groups is 1. The third-order valence-electron chi connectivity index (χ3n) is 3.32. The van der Waals surface area contributed by atoms with Crippen LogP contribution in [0.25, 0.3) is 17.4 Å². The molecule has 6 heteroatoms. The molecule has 0 unspecified atom stereocenters. The number of carbonyl (C=O) groups excluding carboxylic acids is 2. The van der Waals surface area contributed by atoms with Crippen molar-refractivity contribution in [3.05, 3.63) is 65.5 Å². The van der Waals surface area contributed by atoms with Gasteiger partial charge in [-0.25, -0.2) is 4.79 Å². The maximum absolute atomic E-state index is 12.1. The highest BCUT2D eigenvalue weighted by Gasteiger charge is 2.32. The van der Waals surface area contributed by atoms with Gasteiger partial charge in [-0.05, 0) is 36.4 Å². The topological polar surface area (TPSA) is 62.6 Å². The fourth-order valence-electron chi connectivity index (χ4n) is 2.21. The highest BCUT2D eigenvalue weighted by Crippen LogP contribution is 2.25. The van der Waals surface area contributed by atoms with Gasteiger partial charge in [0.2, 0.25) is 0 Å². The van der Waals surface area contributed by atoms with E-state index in [0.29, 0.717) is 16.5 Å². The van der Waals surface area contributed by atoms with Gasteiger partial charge in [0.1, 0.15) is 17.2 Å². The summed E-state index contributed by atoms with van der Waals surface area (Å²) in [5.41, 5.74) is 1.04. The number of halogens is 1. The Morgan fingerprint density at radius 2 is 1.91 bits per heavy atom. The number of nitrogens with zero attached hydrogens (tertiary/aromatic N) is 1. The summed E-state index contributed by atoms with van der Waals surface area (Å²) in [5.74, 6) is 0.714. The zero-order chi connectivity index (χ0) is 16.4. The van der Waals surface area contributed by atoms with Crippen LogP contribution in [0, 0.1) is 0 Å². The summed E-state index contributed by atoms with van der Waals surface area (Å²) < 4.78 is 5.69. The van der Waals surface area contributed by atoms with Crippen LogP contribution >= 0.6 is 11.6 Å². The van der Waals surface area contributed by atoms with E-state index in [2.05, 4.69) is 11.9 Å². The first-order chi connectivity index (χ1) is 11.1. The number of rotatable bonds is 4. The van der Waals surface area contributed by atoms with Gasteiger partial charge in [-0.15, -0.1) is 6.58 Å². The van der Waals surface area contributed by atoms with Gasteiger partial charge in [0.05, 0.1) is 0 Å². The maximum atomic E-state index is 12.1. The molecule has 1 saturated heterocycles. The summed E-state index contributed by atoms with van der Waals surface area (Å²) in [5, 5.41) is 3.16. The van der Waals surface area contributed by atoms with Crippen LogP contribution in [0.4, 0.5) is 4.79 Å². The smallest absolute Gasteiger partial charge is 0.329 e. The minimum Gasteiger partial charge on any atom is -0.457 e. The first-order valence-electron chi connectivity index (χ1n) is 6.89. The highest BCUT2D eigenvalue weighted by molar-refractivity contribution is 6.30. The van der Waals surface area contributed by atoms with Crippen LogP contribution in [-0.2, 0) is 4.79 Å². The number of urea groups is 1. The second kappa shape index (κ2) is 6.14. The van der Waals surface area contributed by atoms with Crippen LogP contribution < -0.4 is 5.32 Å². The SMILES string of the molecule is C=CCN1C(=O)N/C(=C/c2ccc(-c3ccc(Cl)cc3)o2)C1=O. The van der Waals surface area contributed by atoms with Crippen molar-refractivity contribution in [3.63, 3.8) is 0 Å². The van der Waals surface area contributed by atoms with Crippen molar-refractivity contribution in [2.75, 3.05) is 6.54 Å². The molecule has 2 heterocycles. The molecule has 0 atom stereocenters. The molecule has 2 aromatic rings. The van der Waals surface area contributed by atoms with Gasteiger partial charge in [0, 0.05) is 23.2 Å². The summed E-state index contributed by atoms with van der Waals surface area (Å²) in [6, 6.07) is 10.3. The van der Waals surface area contributed by atoms with Crippen molar-refractivity contribution in [2.24, 2.45) is 0 Å². The Labute approximate surface area is 137 Å². The minimum atomic E-state index is -0.467. The lowest BCUT2D eigenvalue weighted by Gasteiger charge is -2.06. The van der Waals surface area contributed by atoms with E-state index >= 15 is 0 Å². The van der Waals surface area contributed by atoms with Crippen molar-refractivity contribution < 1.29 is 14.0 Å². The number of benzene rings is 1. The number of nitrogens with one attached hydrogen (secondary N) is 1. The van der Waals surface area contributed by atoms with Crippen molar-refractivity contribution in [1.82, 2.24) is 10.2 Å². The summed E-state index contributed by atoms with van der Waals surface area (Å²) in [4.78, 5) is 24.9. The predicted octanol–water partition coefficient (Wildman–Crippen LogP) is 3.68. The molecule has 0 saturated carbocycles. The Morgan fingerprint density at radius 3 is 2.61 bits per heavy atom. The Hall–Kier alpha value is -2.79. The van der Waals surface area contributed by atoms with Crippen LogP contribution in [0.15, 0.2) is 59.2 Å². The minimum absolute atomic E-state index is 0.163. The predicted molar refractivity (Wildman–Crippen MR) is 87.6 cm³/mol. The van der Waals surface area contributed by atoms with Crippen LogP contribution in [0.1, 0.15) is 5.76 Å². The lowest BCUT2D eigenvalue weighted by Crippen LogP contribution is -2.30. The van der Waals surface area contributed by atoms with Crippen LogP contribution in [0.3, 0.4) is 0 Å². The molecule has 1 aromatic heterocycles. The van der Waals surface area contributed by atoms with Crippen molar-refractivity contribution in [1.29, 1.82) is 0 Å². The molecule has 0 radical (unpaired) electrons. The monoisotopic (exact) mass is 328 g/mol. The largest absolute Gasteiger partial charge is 0.457 e. The molecule has 1 fully saturated rings. The maximum Gasteiger partial charge on any atom is 0.329 e. The summed E-state index contributed by atoms with van der Waals surface area (Å²) in [6.45, 7) is 3.69. The Morgan fingerprint density at radius 1 is 1.17 bits per heavy atom. The molecule has 23 heavy (non-hydrogen) atoms. The fourth-order valence-corrected chi connectivity index (χ4v) is 2.33. The van der Waals surface area contributed by atoms with Gasteiger partial charge in [-0.2, -0.15) is 0 Å². The van der Waals surface area contributed by atoms with E-state index < -0.39 is 11.9 Å². The number of carbonyl (C=O) groups is 2. The van der Waals surface area contributed by atoms with Crippen molar-refractivity contribution in [3.8, 4) is 11.3 Å². The quantitative estimate of drug-likeness (QED) is 0.529. The third kappa shape index (κ3) is 3.05. The molecular formula is C17H13ClN2O3. The molecule has 1 aliphatic rings. The van der Waals surface area contributed by atoms with Crippen LogP contribution in [0.5, 0.6) is 0 Å². The van der Waals surface area contributed by atoms with Gasteiger partial charge < -0.3 is 9.73 Å². The Kier molecular flexibility index (Phi) is 4.04. The zero-order valence-corrected chi connectivity index (χ0v) is 12.8. The summed E-state index contributed by atoms with van der Waals surface area (Å²) >= 11 is 5.86. The number of hydrogen-bond donors (Lipinski definition) is 1. The van der Waals surface area contributed by atoms with Gasteiger partial charge in [0.25, 0.3) is 5.91 Å². The lowest BCUT2D eigenvalue weighted by molar-refractivity contribution is -0.122. The van der Waals surface area contributed by atoms with E-state index in [-0.39, 0.29) is 12.2 Å². The molecule has 0 bridgehead atoms. The lowest BCUT2D eigenvalue weighted by atomic mass is 10.2. The number of amides is 3. The van der Waals surface area contributed by atoms with Gasteiger partial charge >= 0.3 is 6.03 Å². The normalized spacial score (nSPS) is 16.0. The first kappa shape index (κ1) is 15.1. The zero-order valence-electron chi connectivity index (χ0n) is 12.1. The second-order valence-electron chi connectivity index (χ2n) is 4.90. The van der Waals surface area contributed by atoms with Crippen molar-refractivity contribution >= 4 is 29.6 Å². The molecule has 0 spiro atoms. The molecular weight excluding hydrogens is 316 g/mol. The van der Waals surface area contributed by atoms with Gasteiger partial charge in [0.15, 0.2) is 0 Å². The van der Waals surface area contributed by atoms with E-state index in [1.807, 2.05) is 12.1 Å². The summed E-state index contributed by atoms with van der Waals surface area (Å²) in [7, 11) is 0. The highest BCUT2D eigenvalue weighted by atomic mass is 35.5. The van der Waals surface area contributed by atoms with E-state index in [0.717, 1.165) is 10.5 Å². The Bertz CT molecular complexity index is 806. The number of furan rings is 1. The average Bonchev–Trinajstić information content (AvgIpc) is 3.09. The van der Waals surface area contributed by atoms with E-state index in [9.17, 15) is 9.59 Å².